The molecule has 0 fully saturated rings. The first-order chi connectivity index (χ1) is 18.9. The van der Waals surface area contributed by atoms with Gasteiger partial charge in [0.25, 0.3) is 5.91 Å². The first-order valence-electron chi connectivity index (χ1n) is 13.0. The number of amides is 2. The Hall–Kier alpha value is -3.72. The molecule has 0 aromatic heterocycles. The van der Waals surface area contributed by atoms with Crippen molar-refractivity contribution in [2.24, 2.45) is 5.41 Å². The largest absolute Gasteiger partial charge is 0.478 e. The van der Waals surface area contributed by atoms with E-state index in [0.717, 1.165) is 16.7 Å². The van der Waals surface area contributed by atoms with Crippen molar-refractivity contribution >= 4 is 40.8 Å². The molecule has 1 aliphatic heterocycles. The molecule has 0 aliphatic carbocycles. The highest BCUT2D eigenvalue weighted by Gasteiger charge is 2.40. The maximum absolute atomic E-state index is 14.1. The number of hydrogen-bond donors (Lipinski definition) is 3. The maximum atomic E-state index is 14.1. The number of aromatic carboxylic acids is 1. The van der Waals surface area contributed by atoms with E-state index in [1.807, 2.05) is 45.9 Å². The number of carbonyl (C=O) groups is 3. The van der Waals surface area contributed by atoms with Crippen LogP contribution < -0.4 is 10.2 Å². The molecule has 1 heterocycles. The molecular formula is C31H33ClN2O6. The Labute approximate surface area is 238 Å². The summed E-state index contributed by atoms with van der Waals surface area (Å²) >= 11 is 6.44. The normalized spacial score (nSPS) is 17.2. The van der Waals surface area contributed by atoms with Crippen molar-refractivity contribution < 1.29 is 29.3 Å². The van der Waals surface area contributed by atoms with Gasteiger partial charge >= 0.3 is 5.97 Å². The second kappa shape index (κ2) is 11.8. The van der Waals surface area contributed by atoms with Gasteiger partial charge in [0.15, 0.2) is 0 Å². The number of ether oxygens (including phenoxy) is 1. The number of hydrogen-bond acceptors (Lipinski definition) is 5. The summed E-state index contributed by atoms with van der Waals surface area (Å²) in [6.45, 7) is 7.64. The van der Waals surface area contributed by atoms with E-state index in [9.17, 15) is 24.6 Å². The molecule has 2 atom stereocenters. The molecule has 9 heteroatoms. The van der Waals surface area contributed by atoms with Crippen LogP contribution in [0.15, 0.2) is 60.7 Å². The van der Waals surface area contributed by atoms with Crippen LogP contribution in [-0.2, 0) is 14.3 Å². The minimum absolute atomic E-state index is 0.0643. The zero-order chi connectivity index (χ0) is 29.2. The molecule has 0 spiro atoms. The highest BCUT2D eigenvalue weighted by molar-refractivity contribution is 6.30. The zero-order valence-electron chi connectivity index (χ0n) is 22.9. The number of nitrogens with zero attached hydrogens (tertiary/aromatic N) is 1. The summed E-state index contributed by atoms with van der Waals surface area (Å²) in [5.41, 5.74) is 3.51. The third-order valence-electron chi connectivity index (χ3n) is 7.15. The SMILES string of the molecule is Cc1cccc([C@H]2O[C@H](CC(=O)Nc3ccccc3C(=O)O)C(=O)N(CC(C)(C)CO)c3ccc(Cl)cc32)c1C. The van der Waals surface area contributed by atoms with Gasteiger partial charge in [-0.1, -0.05) is 55.8 Å². The second-order valence-electron chi connectivity index (χ2n) is 10.8. The van der Waals surface area contributed by atoms with Gasteiger partial charge < -0.3 is 25.2 Å². The number of nitrogens with one attached hydrogen (secondary N) is 1. The summed E-state index contributed by atoms with van der Waals surface area (Å²) in [6, 6.07) is 17.1. The van der Waals surface area contributed by atoms with Crippen molar-refractivity contribution in [1.29, 1.82) is 0 Å². The monoisotopic (exact) mass is 564 g/mol. The van der Waals surface area contributed by atoms with E-state index < -0.39 is 35.4 Å². The quantitative estimate of drug-likeness (QED) is 0.331. The average molecular weight is 565 g/mol. The number of carboxylic acids is 1. The molecule has 4 rings (SSSR count). The van der Waals surface area contributed by atoms with E-state index in [2.05, 4.69) is 5.32 Å². The Kier molecular flexibility index (Phi) is 8.63. The van der Waals surface area contributed by atoms with E-state index >= 15 is 0 Å². The lowest BCUT2D eigenvalue weighted by molar-refractivity contribution is -0.136. The molecule has 40 heavy (non-hydrogen) atoms. The topological polar surface area (TPSA) is 116 Å². The molecule has 0 unspecified atom stereocenters. The van der Waals surface area contributed by atoms with Crippen molar-refractivity contribution in [1.82, 2.24) is 0 Å². The summed E-state index contributed by atoms with van der Waals surface area (Å²) in [6.07, 6.45) is -2.28. The van der Waals surface area contributed by atoms with Crippen molar-refractivity contribution in [3.63, 3.8) is 0 Å². The van der Waals surface area contributed by atoms with Crippen LogP contribution in [0.1, 0.15) is 59.0 Å². The number of aliphatic hydroxyl groups excluding tert-OH is 1. The first kappa shape index (κ1) is 29.3. The molecule has 210 valence electrons. The predicted octanol–water partition coefficient (Wildman–Crippen LogP) is 5.52. The lowest BCUT2D eigenvalue weighted by Crippen LogP contribution is -2.46. The molecule has 0 saturated carbocycles. The Morgan fingerprint density at radius 2 is 1.77 bits per heavy atom. The van der Waals surface area contributed by atoms with Gasteiger partial charge in [-0.05, 0) is 60.9 Å². The summed E-state index contributed by atoms with van der Waals surface area (Å²) in [4.78, 5) is 40.5. The first-order valence-corrected chi connectivity index (χ1v) is 13.3. The number of halogens is 1. The highest BCUT2D eigenvalue weighted by Crippen LogP contribution is 2.42. The molecule has 2 amide bonds. The third-order valence-corrected chi connectivity index (χ3v) is 7.39. The molecule has 0 saturated heterocycles. The molecule has 3 N–H and O–H groups in total. The van der Waals surface area contributed by atoms with Gasteiger partial charge in [0.2, 0.25) is 5.91 Å². The molecule has 8 nitrogen and oxygen atoms in total. The van der Waals surface area contributed by atoms with E-state index in [1.165, 1.54) is 12.1 Å². The van der Waals surface area contributed by atoms with Crippen LogP contribution in [-0.4, -0.2) is 47.3 Å². The van der Waals surface area contributed by atoms with Crippen molar-refractivity contribution in [3.8, 4) is 0 Å². The fraction of sp³-hybridized carbons (Fsp3) is 0.323. The van der Waals surface area contributed by atoms with Gasteiger partial charge in [0, 0.05) is 34.8 Å². The fourth-order valence-corrected chi connectivity index (χ4v) is 4.97. The Balaban J connectivity index is 1.79. The van der Waals surface area contributed by atoms with Crippen LogP contribution in [0.25, 0.3) is 0 Å². The van der Waals surface area contributed by atoms with Crippen LogP contribution in [0.3, 0.4) is 0 Å². The summed E-state index contributed by atoms with van der Waals surface area (Å²) < 4.78 is 6.50. The smallest absolute Gasteiger partial charge is 0.337 e. The van der Waals surface area contributed by atoms with E-state index in [1.54, 1.807) is 35.2 Å². The van der Waals surface area contributed by atoms with Gasteiger partial charge in [-0.25, -0.2) is 4.79 Å². The molecule has 3 aromatic rings. The minimum atomic E-state index is -1.21. The molecule has 3 aromatic carbocycles. The number of carbonyl (C=O) groups excluding carboxylic acids is 2. The lowest BCUT2D eigenvalue weighted by atomic mass is 9.91. The number of aliphatic hydroxyl groups is 1. The third kappa shape index (κ3) is 6.20. The van der Waals surface area contributed by atoms with Gasteiger partial charge in [0.05, 0.1) is 17.7 Å². The van der Waals surface area contributed by atoms with E-state index in [0.29, 0.717) is 16.3 Å². The van der Waals surface area contributed by atoms with Gasteiger partial charge in [-0.15, -0.1) is 0 Å². The minimum Gasteiger partial charge on any atom is -0.478 e. The number of carboxylic acid groups (broad SMARTS) is 1. The molecule has 0 bridgehead atoms. The Bertz CT molecular complexity index is 1450. The van der Waals surface area contributed by atoms with E-state index in [-0.39, 0.29) is 30.8 Å². The number of rotatable bonds is 8. The standard InChI is InChI=1S/C31H33ClN2O6/c1-18-8-7-10-21(19(18)2)28-23-14-20(32)12-13-25(23)34(16-31(3,4)17-35)29(37)26(40-28)15-27(36)33-24-11-6-5-9-22(24)30(38)39/h5-14,26,28,35H,15-17H2,1-4H3,(H,33,36)(H,38,39)/t26-,28-/m1/s1. The van der Waals surface area contributed by atoms with E-state index in [4.69, 9.17) is 16.3 Å². The van der Waals surface area contributed by atoms with Crippen LogP contribution in [0.2, 0.25) is 5.02 Å². The van der Waals surface area contributed by atoms with Gasteiger partial charge in [-0.3, -0.25) is 9.59 Å². The zero-order valence-corrected chi connectivity index (χ0v) is 23.7. The van der Waals surface area contributed by atoms with Gasteiger partial charge in [0.1, 0.15) is 12.2 Å². The number of fused-ring (bicyclic) bond motifs is 1. The van der Waals surface area contributed by atoms with Crippen molar-refractivity contribution in [3.05, 3.63) is 93.5 Å². The fourth-order valence-electron chi connectivity index (χ4n) is 4.79. The summed E-state index contributed by atoms with van der Waals surface area (Å²) in [7, 11) is 0. The predicted molar refractivity (Wildman–Crippen MR) is 154 cm³/mol. The Morgan fingerprint density at radius 1 is 1.05 bits per heavy atom. The molecule has 0 radical (unpaired) electrons. The van der Waals surface area contributed by atoms with Gasteiger partial charge in [-0.2, -0.15) is 0 Å². The summed E-state index contributed by atoms with van der Waals surface area (Å²) in [5.74, 6) is -2.20. The second-order valence-corrected chi connectivity index (χ2v) is 11.3. The molecule has 1 aliphatic rings. The maximum Gasteiger partial charge on any atom is 0.337 e. The number of para-hydroxylation sites is 1. The van der Waals surface area contributed by atoms with Crippen molar-refractivity contribution in [2.75, 3.05) is 23.4 Å². The summed E-state index contributed by atoms with van der Waals surface area (Å²) in [5, 5.41) is 22.6. The number of anilines is 2. The lowest BCUT2D eigenvalue weighted by Gasteiger charge is -2.32. The van der Waals surface area contributed by atoms with Crippen LogP contribution in [0, 0.1) is 19.3 Å². The molecular weight excluding hydrogens is 532 g/mol. The highest BCUT2D eigenvalue weighted by atomic mass is 35.5. The van der Waals surface area contributed by atoms with Crippen LogP contribution in [0.4, 0.5) is 11.4 Å². The van der Waals surface area contributed by atoms with Crippen molar-refractivity contribution in [2.45, 2.75) is 46.3 Å². The average Bonchev–Trinajstić information content (AvgIpc) is 3.00. The number of benzene rings is 3. The van der Waals surface area contributed by atoms with Crippen LogP contribution >= 0.6 is 11.6 Å². The van der Waals surface area contributed by atoms with Crippen LogP contribution in [0.5, 0.6) is 0 Å². The Morgan fingerprint density at radius 3 is 2.48 bits per heavy atom. The number of aryl methyl sites for hydroxylation is 1.